The van der Waals surface area contributed by atoms with Gasteiger partial charge in [-0.3, -0.25) is 0 Å². The molecule has 0 amide bonds. The van der Waals surface area contributed by atoms with Crippen molar-refractivity contribution >= 4 is 0 Å². The molecular formula is C16H23F2N. The number of hydrogen-bond donors (Lipinski definition) is 1. The fourth-order valence-electron chi connectivity index (χ4n) is 3.08. The van der Waals surface area contributed by atoms with Crippen LogP contribution in [0.2, 0.25) is 0 Å². The van der Waals surface area contributed by atoms with E-state index in [9.17, 15) is 8.78 Å². The van der Waals surface area contributed by atoms with Crippen molar-refractivity contribution < 1.29 is 8.78 Å². The zero-order valence-electron chi connectivity index (χ0n) is 11.6. The van der Waals surface area contributed by atoms with E-state index in [0.29, 0.717) is 12.0 Å². The summed E-state index contributed by atoms with van der Waals surface area (Å²) in [7, 11) is 0. The standard InChI is InChI=1S/C16H23F2N/c1-2-7-19-16-6-4-3-5-13(16)8-12-9-14(17)11-15(18)10-12/h9-11,13,16,19H,2-8H2,1H3. The van der Waals surface area contributed by atoms with Gasteiger partial charge < -0.3 is 5.32 Å². The molecule has 1 aliphatic carbocycles. The van der Waals surface area contributed by atoms with E-state index in [-0.39, 0.29) is 0 Å². The Hall–Kier alpha value is -0.960. The Morgan fingerprint density at radius 3 is 2.47 bits per heavy atom. The number of benzene rings is 1. The topological polar surface area (TPSA) is 12.0 Å². The van der Waals surface area contributed by atoms with Crippen LogP contribution in [0.4, 0.5) is 8.78 Å². The first kappa shape index (κ1) is 14.4. The number of rotatable bonds is 5. The van der Waals surface area contributed by atoms with Gasteiger partial charge in [-0.25, -0.2) is 8.78 Å². The summed E-state index contributed by atoms with van der Waals surface area (Å²) >= 11 is 0. The van der Waals surface area contributed by atoms with E-state index in [2.05, 4.69) is 12.2 Å². The van der Waals surface area contributed by atoms with E-state index in [4.69, 9.17) is 0 Å². The maximum Gasteiger partial charge on any atom is 0.126 e. The first-order valence-corrected chi connectivity index (χ1v) is 7.37. The molecule has 1 saturated carbocycles. The minimum absolute atomic E-state index is 0.469. The van der Waals surface area contributed by atoms with Crippen molar-refractivity contribution in [2.75, 3.05) is 6.54 Å². The first-order chi connectivity index (χ1) is 9.19. The van der Waals surface area contributed by atoms with Crippen LogP contribution in [0.25, 0.3) is 0 Å². The van der Waals surface area contributed by atoms with Crippen LogP contribution < -0.4 is 5.32 Å². The Kier molecular flexibility index (Phi) is 5.32. The molecule has 0 aliphatic heterocycles. The highest BCUT2D eigenvalue weighted by molar-refractivity contribution is 5.18. The molecule has 106 valence electrons. The quantitative estimate of drug-likeness (QED) is 0.848. The van der Waals surface area contributed by atoms with E-state index in [1.54, 1.807) is 0 Å². The van der Waals surface area contributed by atoms with E-state index in [0.717, 1.165) is 37.4 Å². The highest BCUT2D eigenvalue weighted by Gasteiger charge is 2.24. The third-order valence-electron chi connectivity index (χ3n) is 3.99. The number of hydrogen-bond acceptors (Lipinski definition) is 1. The average molecular weight is 267 g/mol. The molecule has 3 heteroatoms. The molecular weight excluding hydrogens is 244 g/mol. The van der Waals surface area contributed by atoms with Crippen molar-refractivity contribution in [3.05, 3.63) is 35.4 Å². The van der Waals surface area contributed by atoms with Gasteiger partial charge in [0.2, 0.25) is 0 Å². The maximum atomic E-state index is 13.2. The Balaban J connectivity index is 2.01. The lowest BCUT2D eigenvalue weighted by molar-refractivity contribution is 0.261. The Morgan fingerprint density at radius 1 is 1.11 bits per heavy atom. The molecule has 1 aromatic carbocycles. The predicted molar refractivity (Wildman–Crippen MR) is 74.1 cm³/mol. The first-order valence-electron chi connectivity index (χ1n) is 7.37. The van der Waals surface area contributed by atoms with Crippen LogP contribution in [0.1, 0.15) is 44.6 Å². The minimum Gasteiger partial charge on any atom is -0.314 e. The summed E-state index contributed by atoms with van der Waals surface area (Å²) in [6.45, 7) is 3.19. The zero-order chi connectivity index (χ0) is 13.7. The van der Waals surface area contributed by atoms with Crippen molar-refractivity contribution in [3.8, 4) is 0 Å². The SMILES string of the molecule is CCCNC1CCCCC1Cc1cc(F)cc(F)c1. The van der Waals surface area contributed by atoms with Crippen LogP contribution in [0, 0.1) is 17.6 Å². The molecule has 1 N–H and O–H groups in total. The lowest BCUT2D eigenvalue weighted by atomic mass is 9.80. The summed E-state index contributed by atoms with van der Waals surface area (Å²) in [6.07, 6.45) is 6.72. The van der Waals surface area contributed by atoms with Gasteiger partial charge in [-0.15, -0.1) is 0 Å². The van der Waals surface area contributed by atoms with Gasteiger partial charge in [0, 0.05) is 12.1 Å². The molecule has 1 nitrogen and oxygen atoms in total. The van der Waals surface area contributed by atoms with Gasteiger partial charge in [-0.1, -0.05) is 19.8 Å². The van der Waals surface area contributed by atoms with Gasteiger partial charge in [-0.2, -0.15) is 0 Å². The molecule has 0 saturated heterocycles. The lowest BCUT2D eigenvalue weighted by Crippen LogP contribution is -2.39. The number of nitrogens with one attached hydrogen (secondary N) is 1. The van der Waals surface area contributed by atoms with Gasteiger partial charge in [0.05, 0.1) is 0 Å². The molecule has 2 rings (SSSR count). The molecule has 0 heterocycles. The van der Waals surface area contributed by atoms with Gasteiger partial charge in [0.1, 0.15) is 11.6 Å². The fraction of sp³-hybridized carbons (Fsp3) is 0.625. The molecule has 0 aromatic heterocycles. The highest BCUT2D eigenvalue weighted by Crippen LogP contribution is 2.28. The van der Waals surface area contributed by atoms with Crippen LogP contribution in [-0.4, -0.2) is 12.6 Å². The molecule has 0 bridgehead atoms. The molecule has 1 aromatic rings. The highest BCUT2D eigenvalue weighted by atomic mass is 19.1. The second kappa shape index (κ2) is 6.99. The summed E-state index contributed by atoms with van der Waals surface area (Å²) in [5.41, 5.74) is 0.785. The molecule has 1 aliphatic rings. The lowest BCUT2D eigenvalue weighted by Gasteiger charge is -2.32. The van der Waals surface area contributed by atoms with Gasteiger partial charge in [0.15, 0.2) is 0 Å². The van der Waals surface area contributed by atoms with Crippen LogP contribution in [0.5, 0.6) is 0 Å². The Morgan fingerprint density at radius 2 is 1.79 bits per heavy atom. The van der Waals surface area contributed by atoms with E-state index in [1.807, 2.05) is 0 Å². The Bertz CT molecular complexity index is 385. The van der Waals surface area contributed by atoms with Gasteiger partial charge in [0.25, 0.3) is 0 Å². The van der Waals surface area contributed by atoms with Crippen molar-refractivity contribution in [2.45, 2.75) is 51.5 Å². The molecule has 19 heavy (non-hydrogen) atoms. The van der Waals surface area contributed by atoms with Crippen LogP contribution >= 0.6 is 0 Å². The normalized spacial score (nSPS) is 23.5. The van der Waals surface area contributed by atoms with Gasteiger partial charge in [-0.05, 0) is 55.8 Å². The summed E-state index contributed by atoms with van der Waals surface area (Å²) < 4.78 is 26.5. The van der Waals surface area contributed by atoms with Crippen molar-refractivity contribution in [1.82, 2.24) is 5.32 Å². The average Bonchev–Trinajstić information content (AvgIpc) is 2.36. The molecule has 1 fully saturated rings. The van der Waals surface area contributed by atoms with Gasteiger partial charge >= 0.3 is 0 Å². The van der Waals surface area contributed by atoms with Crippen LogP contribution in [0.15, 0.2) is 18.2 Å². The van der Waals surface area contributed by atoms with Crippen LogP contribution in [-0.2, 0) is 6.42 Å². The molecule has 0 spiro atoms. The second-order valence-electron chi connectivity index (χ2n) is 5.59. The smallest absolute Gasteiger partial charge is 0.126 e. The third kappa shape index (κ3) is 4.27. The zero-order valence-corrected chi connectivity index (χ0v) is 11.6. The minimum atomic E-state index is -0.469. The maximum absolute atomic E-state index is 13.2. The Labute approximate surface area is 114 Å². The molecule has 0 radical (unpaired) electrons. The molecule has 2 unspecified atom stereocenters. The van der Waals surface area contributed by atoms with Crippen molar-refractivity contribution in [2.24, 2.45) is 5.92 Å². The summed E-state index contributed by atoms with van der Waals surface area (Å²) in [4.78, 5) is 0. The van der Waals surface area contributed by atoms with Crippen molar-refractivity contribution in [3.63, 3.8) is 0 Å². The van der Waals surface area contributed by atoms with E-state index >= 15 is 0 Å². The third-order valence-corrected chi connectivity index (χ3v) is 3.99. The predicted octanol–water partition coefficient (Wildman–Crippen LogP) is 4.07. The van der Waals surface area contributed by atoms with E-state index in [1.165, 1.54) is 31.4 Å². The second-order valence-corrected chi connectivity index (χ2v) is 5.59. The van der Waals surface area contributed by atoms with Crippen LogP contribution in [0.3, 0.4) is 0 Å². The largest absolute Gasteiger partial charge is 0.314 e. The van der Waals surface area contributed by atoms with Crippen molar-refractivity contribution in [1.29, 1.82) is 0 Å². The summed E-state index contributed by atoms with van der Waals surface area (Å²) in [5, 5.41) is 3.58. The number of halogens is 2. The summed E-state index contributed by atoms with van der Waals surface area (Å²) in [6, 6.07) is 4.38. The molecule has 2 atom stereocenters. The van der Waals surface area contributed by atoms with E-state index < -0.39 is 11.6 Å². The monoisotopic (exact) mass is 267 g/mol. The summed E-state index contributed by atoms with van der Waals surface area (Å²) in [5.74, 6) is -0.436. The fourth-order valence-corrected chi connectivity index (χ4v) is 3.08.